The van der Waals surface area contributed by atoms with Crippen LogP contribution in [0.1, 0.15) is 27.2 Å². The van der Waals surface area contributed by atoms with E-state index < -0.39 is 0 Å². The Labute approximate surface area is 144 Å². The van der Waals surface area contributed by atoms with Crippen molar-refractivity contribution in [2.75, 3.05) is 0 Å². The molecule has 6 heteroatoms. The third-order valence-electron chi connectivity index (χ3n) is 3.80. The van der Waals surface area contributed by atoms with Gasteiger partial charge in [-0.25, -0.2) is 10.1 Å². The molecule has 2 aromatic carbocycles. The van der Waals surface area contributed by atoms with Crippen molar-refractivity contribution in [1.29, 1.82) is 0 Å². The van der Waals surface area contributed by atoms with E-state index in [2.05, 4.69) is 15.6 Å². The largest absolute Gasteiger partial charge is 0.295 e. The van der Waals surface area contributed by atoms with Gasteiger partial charge in [0.15, 0.2) is 0 Å². The van der Waals surface area contributed by atoms with Gasteiger partial charge in [-0.1, -0.05) is 35.9 Å². The van der Waals surface area contributed by atoms with Gasteiger partial charge in [-0.2, -0.15) is 5.10 Å². The minimum atomic E-state index is -0.330. The Hall–Kier alpha value is -3.41. The van der Waals surface area contributed by atoms with Crippen LogP contribution in [0.3, 0.4) is 0 Å². The maximum Gasteiger partial charge on any atom is 0.280 e. The van der Waals surface area contributed by atoms with Crippen LogP contribution in [-0.4, -0.2) is 21.9 Å². The molecule has 126 valence electrons. The van der Waals surface area contributed by atoms with Crippen LogP contribution < -0.4 is 11.0 Å². The molecule has 0 aliphatic rings. The Morgan fingerprint density at radius 2 is 1.76 bits per heavy atom. The summed E-state index contributed by atoms with van der Waals surface area (Å²) >= 11 is 0. The lowest BCUT2D eigenvalue weighted by Gasteiger charge is -2.01. The van der Waals surface area contributed by atoms with Crippen molar-refractivity contribution >= 4 is 12.1 Å². The van der Waals surface area contributed by atoms with Gasteiger partial charge in [0.2, 0.25) is 0 Å². The fourth-order valence-electron chi connectivity index (χ4n) is 2.40. The zero-order valence-electron chi connectivity index (χ0n) is 14.0. The Bertz CT molecular complexity index is 967. The minimum Gasteiger partial charge on any atom is -0.295 e. The molecule has 0 bridgehead atoms. The summed E-state index contributed by atoms with van der Waals surface area (Å²) in [5.74, 6) is -0.330. The summed E-state index contributed by atoms with van der Waals surface area (Å²) in [7, 11) is 0. The number of nitrogens with zero attached hydrogens (tertiary/aromatic N) is 2. The lowest BCUT2D eigenvalue weighted by atomic mass is 10.2. The summed E-state index contributed by atoms with van der Waals surface area (Å²) in [5, 5.41) is 6.92. The summed E-state index contributed by atoms with van der Waals surface area (Å²) in [4.78, 5) is 24.5. The van der Waals surface area contributed by atoms with Crippen molar-refractivity contribution < 1.29 is 4.79 Å². The summed E-state index contributed by atoms with van der Waals surface area (Å²) in [5.41, 5.74) is 5.63. The molecule has 3 aromatic rings. The number of rotatable bonds is 4. The van der Waals surface area contributed by atoms with Crippen LogP contribution in [0.5, 0.6) is 0 Å². The zero-order chi connectivity index (χ0) is 17.8. The number of benzene rings is 2. The van der Waals surface area contributed by atoms with Crippen LogP contribution in [0.2, 0.25) is 0 Å². The standard InChI is InChI=1S/C19H18N4O2/c1-13-8-10-16(11-9-13)23-19(25)17(14(2)22-23)12-20-21-18(24)15-6-4-3-5-7-15/h3-12,22H,1-2H3,(H,21,24). The van der Waals surface area contributed by atoms with Crippen LogP contribution in [0.15, 0.2) is 64.5 Å². The Morgan fingerprint density at radius 3 is 2.44 bits per heavy atom. The molecule has 0 radical (unpaired) electrons. The Kier molecular flexibility index (Phi) is 4.61. The fourth-order valence-corrected chi connectivity index (χ4v) is 2.40. The summed E-state index contributed by atoms with van der Waals surface area (Å²) in [6, 6.07) is 16.4. The molecule has 0 aliphatic heterocycles. The number of nitrogens with one attached hydrogen (secondary N) is 2. The minimum absolute atomic E-state index is 0.223. The first-order valence-corrected chi connectivity index (χ1v) is 7.83. The summed E-state index contributed by atoms with van der Waals surface area (Å²) in [6.07, 6.45) is 1.36. The second-order valence-corrected chi connectivity index (χ2v) is 5.69. The van der Waals surface area contributed by atoms with E-state index in [0.717, 1.165) is 11.3 Å². The lowest BCUT2D eigenvalue weighted by Crippen LogP contribution is -2.20. The van der Waals surface area contributed by atoms with E-state index in [1.54, 1.807) is 31.2 Å². The molecule has 6 nitrogen and oxygen atoms in total. The van der Waals surface area contributed by atoms with Crippen molar-refractivity contribution in [3.8, 4) is 5.69 Å². The average Bonchev–Trinajstić information content (AvgIpc) is 2.91. The second kappa shape index (κ2) is 7.00. The van der Waals surface area contributed by atoms with Gasteiger partial charge in [0, 0.05) is 11.3 Å². The molecule has 0 fully saturated rings. The molecule has 25 heavy (non-hydrogen) atoms. The van der Waals surface area contributed by atoms with Gasteiger partial charge >= 0.3 is 0 Å². The molecule has 3 rings (SSSR count). The van der Waals surface area contributed by atoms with E-state index in [9.17, 15) is 9.59 Å². The predicted molar refractivity (Wildman–Crippen MR) is 97.4 cm³/mol. The molecule has 0 saturated carbocycles. The molecule has 0 spiro atoms. The first-order chi connectivity index (χ1) is 12.1. The molecule has 0 saturated heterocycles. The van der Waals surface area contributed by atoms with Crippen molar-refractivity contribution in [3.05, 3.63) is 87.3 Å². The quantitative estimate of drug-likeness (QED) is 0.568. The van der Waals surface area contributed by atoms with Crippen LogP contribution in [0.25, 0.3) is 5.69 Å². The van der Waals surface area contributed by atoms with E-state index >= 15 is 0 Å². The number of aryl methyl sites for hydroxylation is 2. The first kappa shape index (κ1) is 16.4. The van der Waals surface area contributed by atoms with Crippen molar-refractivity contribution in [2.24, 2.45) is 5.10 Å². The highest BCUT2D eigenvalue weighted by Gasteiger charge is 2.11. The SMILES string of the molecule is Cc1ccc(-n2[nH]c(C)c(C=NNC(=O)c3ccccc3)c2=O)cc1. The van der Waals surface area contributed by atoms with E-state index in [0.29, 0.717) is 16.8 Å². The van der Waals surface area contributed by atoms with E-state index in [1.807, 2.05) is 37.3 Å². The summed E-state index contributed by atoms with van der Waals surface area (Å²) in [6.45, 7) is 3.77. The van der Waals surface area contributed by atoms with Crippen molar-refractivity contribution in [3.63, 3.8) is 0 Å². The number of carbonyl (C=O) groups is 1. The smallest absolute Gasteiger partial charge is 0.280 e. The maximum absolute atomic E-state index is 12.5. The van der Waals surface area contributed by atoms with E-state index in [1.165, 1.54) is 10.9 Å². The number of amides is 1. The van der Waals surface area contributed by atoms with Crippen LogP contribution >= 0.6 is 0 Å². The van der Waals surface area contributed by atoms with Crippen molar-refractivity contribution in [1.82, 2.24) is 15.2 Å². The highest BCUT2D eigenvalue weighted by Crippen LogP contribution is 2.08. The molecule has 2 N–H and O–H groups in total. The highest BCUT2D eigenvalue weighted by atomic mass is 16.2. The molecular weight excluding hydrogens is 316 g/mol. The third-order valence-corrected chi connectivity index (χ3v) is 3.80. The van der Waals surface area contributed by atoms with Gasteiger partial charge in [-0.3, -0.25) is 14.7 Å². The predicted octanol–water partition coefficient (Wildman–Crippen LogP) is 2.55. The van der Waals surface area contributed by atoms with Gasteiger partial charge in [0.05, 0.1) is 17.5 Å². The molecular formula is C19H18N4O2. The number of hydrogen-bond acceptors (Lipinski definition) is 3. The first-order valence-electron chi connectivity index (χ1n) is 7.83. The van der Waals surface area contributed by atoms with Gasteiger partial charge in [-0.05, 0) is 38.1 Å². The van der Waals surface area contributed by atoms with Gasteiger partial charge in [0.1, 0.15) is 0 Å². The number of carbonyl (C=O) groups excluding carboxylic acids is 1. The van der Waals surface area contributed by atoms with E-state index in [4.69, 9.17) is 0 Å². The van der Waals surface area contributed by atoms with Gasteiger partial charge in [-0.15, -0.1) is 0 Å². The van der Waals surface area contributed by atoms with Crippen molar-refractivity contribution in [2.45, 2.75) is 13.8 Å². The molecule has 1 amide bonds. The monoisotopic (exact) mass is 334 g/mol. The average molecular weight is 334 g/mol. The van der Waals surface area contributed by atoms with Crippen LogP contribution in [0, 0.1) is 13.8 Å². The molecule has 0 unspecified atom stereocenters. The van der Waals surface area contributed by atoms with Crippen LogP contribution in [0.4, 0.5) is 0 Å². The van der Waals surface area contributed by atoms with E-state index in [-0.39, 0.29) is 11.5 Å². The Morgan fingerprint density at radius 1 is 1.08 bits per heavy atom. The third kappa shape index (κ3) is 3.58. The number of hydrogen-bond donors (Lipinski definition) is 2. The van der Waals surface area contributed by atoms with Crippen LogP contribution in [-0.2, 0) is 0 Å². The topological polar surface area (TPSA) is 79.2 Å². The normalized spacial score (nSPS) is 11.0. The molecule has 1 heterocycles. The highest BCUT2D eigenvalue weighted by molar-refractivity contribution is 5.94. The molecule has 0 atom stereocenters. The fraction of sp³-hybridized carbons (Fsp3) is 0.105. The number of hydrazone groups is 1. The molecule has 1 aromatic heterocycles. The molecule has 0 aliphatic carbocycles. The Balaban J connectivity index is 1.80. The summed E-state index contributed by atoms with van der Waals surface area (Å²) < 4.78 is 1.45. The number of H-pyrrole nitrogens is 1. The number of aromatic amines is 1. The second-order valence-electron chi connectivity index (χ2n) is 5.69. The maximum atomic E-state index is 12.5. The zero-order valence-corrected chi connectivity index (χ0v) is 14.0. The van der Waals surface area contributed by atoms with Gasteiger partial charge in [0.25, 0.3) is 11.5 Å². The number of aromatic nitrogens is 2. The van der Waals surface area contributed by atoms with Gasteiger partial charge < -0.3 is 0 Å². The lowest BCUT2D eigenvalue weighted by molar-refractivity contribution is 0.0955.